The number of aromatic nitrogens is 1. The van der Waals surface area contributed by atoms with Gasteiger partial charge in [0.15, 0.2) is 6.29 Å². The van der Waals surface area contributed by atoms with E-state index >= 15 is 0 Å². The Bertz CT molecular complexity index is 330. The van der Waals surface area contributed by atoms with Gasteiger partial charge in [0.1, 0.15) is 5.56 Å². The molecule has 13 heavy (non-hydrogen) atoms. The minimum absolute atomic E-state index is 0.108. The Morgan fingerprint density at radius 3 is 3.00 bits per heavy atom. The SMILES string of the molecule is CCOC(=O)c1c(N)c[nH]c1C=O. The van der Waals surface area contributed by atoms with Crippen LogP contribution in [-0.2, 0) is 4.74 Å². The van der Waals surface area contributed by atoms with Crippen molar-refractivity contribution in [2.24, 2.45) is 0 Å². The van der Waals surface area contributed by atoms with E-state index in [4.69, 9.17) is 10.5 Å². The second kappa shape index (κ2) is 3.75. The predicted molar refractivity (Wildman–Crippen MR) is 46.5 cm³/mol. The van der Waals surface area contributed by atoms with Crippen molar-refractivity contribution in [2.45, 2.75) is 6.92 Å². The molecule has 0 fully saturated rings. The van der Waals surface area contributed by atoms with E-state index in [2.05, 4.69) is 4.98 Å². The molecule has 0 amide bonds. The number of nitrogen functional groups attached to an aromatic ring is 1. The fourth-order valence-electron chi connectivity index (χ4n) is 0.979. The molecule has 0 spiro atoms. The number of hydrogen-bond donors (Lipinski definition) is 2. The van der Waals surface area contributed by atoms with Crippen LogP contribution in [0.1, 0.15) is 27.8 Å². The van der Waals surface area contributed by atoms with Crippen LogP contribution in [0.25, 0.3) is 0 Å². The summed E-state index contributed by atoms with van der Waals surface area (Å²) in [7, 11) is 0. The van der Waals surface area contributed by atoms with Crippen LogP contribution in [0.4, 0.5) is 5.69 Å². The van der Waals surface area contributed by atoms with Crippen molar-refractivity contribution < 1.29 is 14.3 Å². The van der Waals surface area contributed by atoms with Crippen LogP contribution in [0.5, 0.6) is 0 Å². The lowest BCUT2D eigenvalue weighted by Crippen LogP contribution is -2.08. The number of carbonyl (C=O) groups is 2. The van der Waals surface area contributed by atoms with Crippen LogP contribution >= 0.6 is 0 Å². The Labute approximate surface area is 74.9 Å². The lowest BCUT2D eigenvalue weighted by atomic mass is 10.2. The molecule has 0 aliphatic carbocycles. The van der Waals surface area contributed by atoms with Gasteiger partial charge in [-0.05, 0) is 6.92 Å². The summed E-state index contributed by atoms with van der Waals surface area (Å²) in [5.74, 6) is -0.580. The summed E-state index contributed by atoms with van der Waals surface area (Å²) in [5.41, 5.74) is 5.94. The second-order valence-electron chi connectivity index (χ2n) is 2.37. The first-order chi connectivity index (χ1) is 6.20. The van der Waals surface area contributed by atoms with Crippen LogP contribution in [0, 0.1) is 0 Å². The molecule has 0 radical (unpaired) electrons. The summed E-state index contributed by atoms with van der Waals surface area (Å²) in [4.78, 5) is 24.2. The Morgan fingerprint density at radius 2 is 2.46 bits per heavy atom. The topological polar surface area (TPSA) is 85.2 Å². The highest BCUT2D eigenvalue weighted by atomic mass is 16.5. The van der Waals surface area contributed by atoms with E-state index in [1.165, 1.54) is 6.20 Å². The first-order valence-electron chi connectivity index (χ1n) is 3.79. The molecule has 0 saturated heterocycles. The molecule has 0 saturated carbocycles. The second-order valence-corrected chi connectivity index (χ2v) is 2.37. The number of esters is 1. The molecule has 1 heterocycles. The van der Waals surface area contributed by atoms with Crippen molar-refractivity contribution >= 4 is 17.9 Å². The molecule has 5 nitrogen and oxygen atoms in total. The fourth-order valence-corrected chi connectivity index (χ4v) is 0.979. The van der Waals surface area contributed by atoms with Crippen LogP contribution in [0.2, 0.25) is 0 Å². The molecule has 0 atom stereocenters. The number of anilines is 1. The molecular formula is C8H10N2O3. The largest absolute Gasteiger partial charge is 0.462 e. The third kappa shape index (κ3) is 1.69. The molecule has 3 N–H and O–H groups in total. The minimum atomic E-state index is -0.580. The smallest absolute Gasteiger partial charge is 0.342 e. The lowest BCUT2D eigenvalue weighted by molar-refractivity contribution is 0.0525. The highest BCUT2D eigenvalue weighted by Gasteiger charge is 2.17. The maximum absolute atomic E-state index is 11.2. The fraction of sp³-hybridized carbons (Fsp3) is 0.250. The molecule has 1 rings (SSSR count). The van der Waals surface area contributed by atoms with E-state index in [9.17, 15) is 9.59 Å². The molecule has 1 aromatic heterocycles. The summed E-state index contributed by atoms with van der Waals surface area (Å²) < 4.78 is 4.71. The number of rotatable bonds is 3. The normalized spacial score (nSPS) is 9.62. The van der Waals surface area contributed by atoms with Gasteiger partial charge in [-0.25, -0.2) is 4.79 Å². The van der Waals surface area contributed by atoms with E-state index < -0.39 is 5.97 Å². The molecule has 0 bridgehead atoms. The Balaban J connectivity index is 3.03. The number of carbonyl (C=O) groups excluding carboxylic acids is 2. The third-order valence-electron chi connectivity index (χ3n) is 1.54. The number of aromatic amines is 1. The lowest BCUT2D eigenvalue weighted by Gasteiger charge is -2.00. The van der Waals surface area contributed by atoms with E-state index in [-0.39, 0.29) is 23.6 Å². The van der Waals surface area contributed by atoms with Gasteiger partial charge in [0.05, 0.1) is 18.0 Å². The predicted octanol–water partition coefficient (Wildman–Crippen LogP) is 0.586. The van der Waals surface area contributed by atoms with Crippen LogP contribution in [0.3, 0.4) is 0 Å². The molecule has 5 heteroatoms. The number of nitrogens with one attached hydrogen (secondary N) is 1. The zero-order chi connectivity index (χ0) is 9.84. The standard InChI is InChI=1S/C8H10N2O3/c1-2-13-8(12)7-5(9)3-10-6(7)4-11/h3-4,10H,2,9H2,1H3. The van der Waals surface area contributed by atoms with Gasteiger partial charge in [-0.15, -0.1) is 0 Å². The molecule has 70 valence electrons. The molecule has 0 aromatic carbocycles. The van der Waals surface area contributed by atoms with Gasteiger partial charge in [-0.3, -0.25) is 4.79 Å². The number of ether oxygens (including phenoxy) is 1. The average Bonchev–Trinajstić information content (AvgIpc) is 2.47. The number of aldehydes is 1. The number of hydrogen-bond acceptors (Lipinski definition) is 4. The van der Waals surface area contributed by atoms with E-state index in [0.717, 1.165) is 0 Å². The first-order valence-corrected chi connectivity index (χ1v) is 3.79. The van der Waals surface area contributed by atoms with E-state index in [0.29, 0.717) is 6.29 Å². The zero-order valence-corrected chi connectivity index (χ0v) is 7.16. The van der Waals surface area contributed by atoms with Crippen molar-refractivity contribution in [1.29, 1.82) is 0 Å². The Morgan fingerprint density at radius 1 is 1.77 bits per heavy atom. The molecule has 0 unspecified atom stereocenters. The van der Waals surface area contributed by atoms with Gasteiger partial charge in [0.2, 0.25) is 0 Å². The van der Waals surface area contributed by atoms with Gasteiger partial charge >= 0.3 is 5.97 Å². The summed E-state index contributed by atoms with van der Waals surface area (Å²) in [6.45, 7) is 1.93. The average molecular weight is 182 g/mol. The van der Waals surface area contributed by atoms with Gasteiger partial charge in [-0.1, -0.05) is 0 Å². The highest BCUT2D eigenvalue weighted by molar-refractivity contribution is 6.02. The third-order valence-corrected chi connectivity index (χ3v) is 1.54. The van der Waals surface area contributed by atoms with Gasteiger partial charge in [0, 0.05) is 6.20 Å². The summed E-state index contributed by atoms with van der Waals surface area (Å²) in [5, 5.41) is 0. The van der Waals surface area contributed by atoms with Gasteiger partial charge in [0.25, 0.3) is 0 Å². The quantitative estimate of drug-likeness (QED) is 0.529. The highest BCUT2D eigenvalue weighted by Crippen LogP contribution is 2.15. The molecule has 0 aliphatic heterocycles. The van der Waals surface area contributed by atoms with Crippen molar-refractivity contribution in [3.63, 3.8) is 0 Å². The van der Waals surface area contributed by atoms with Crippen LogP contribution in [-0.4, -0.2) is 23.8 Å². The van der Waals surface area contributed by atoms with Crippen molar-refractivity contribution in [1.82, 2.24) is 4.98 Å². The maximum Gasteiger partial charge on any atom is 0.342 e. The maximum atomic E-state index is 11.2. The van der Waals surface area contributed by atoms with Gasteiger partial charge < -0.3 is 15.5 Å². The minimum Gasteiger partial charge on any atom is -0.462 e. The van der Waals surface area contributed by atoms with Crippen molar-refractivity contribution in [3.05, 3.63) is 17.5 Å². The summed E-state index contributed by atoms with van der Waals surface area (Å²) >= 11 is 0. The Kier molecular flexibility index (Phi) is 2.69. The summed E-state index contributed by atoms with van der Waals surface area (Å²) in [6.07, 6.45) is 1.92. The van der Waals surface area contributed by atoms with Gasteiger partial charge in [-0.2, -0.15) is 0 Å². The van der Waals surface area contributed by atoms with Crippen molar-refractivity contribution in [2.75, 3.05) is 12.3 Å². The first kappa shape index (κ1) is 9.31. The monoisotopic (exact) mass is 182 g/mol. The van der Waals surface area contributed by atoms with E-state index in [1.807, 2.05) is 0 Å². The number of H-pyrrole nitrogens is 1. The van der Waals surface area contributed by atoms with Crippen LogP contribution in [0.15, 0.2) is 6.20 Å². The zero-order valence-electron chi connectivity index (χ0n) is 7.16. The molecular weight excluding hydrogens is 172 g/mol. The summed E-state index contributed by atoms with van der Waals surface area (Å²) in [6, 6.07) is 0. The van der Waals surface area contributed by atoms with Crippen LogP contribution < -0.4 is 5.73 Å². The number of nitrogens with two attached hydrogens (primary N) is 1. The molecule has 1 aromatic rings. The Hall–Kier alpha value is -1.78. The molecule has 0 aliphatic rings. The van der Waals surface area contributed by atoms with E-state index in [1.54, 1.807) is 6.92 Å². The van der Waals surface area contributed by atoms with Crippen molar-refractivity contribution in [3.8, 4) is 0 Å².